The lowest BCUT2D eigenvalue weighted by Crippen LogP contribution is -2.53. The Kier molecular flexibility index (Phi) is 6.58. The van der Waals surface area contributed by atoms with Crippen molar-refractivity contribution in [3.05, 3.63) is 71.4 Å². The Morgan fingerprint density at radius 3 is 2.41 bits per heavy atom. The smallest absolute Gasteiger partial charge is 0.317 e. The monoisotopic (exact) mass is 435 g/mol. The second-order valence-electron chi connectivity index (χ2n) is 8.04. The lowest BCUT2D eigenvalue weighted by Gasteiger charge is -2.34. The van der Waals surface area contributed by atoms with Crippen molar-refractivity contribution in [1.82, 2.24) is 24.9 Å². The normalized spacial score (nSPS) is 13.9. The SMILES string of the molecule is Cc1ccc(C(=O)N2CCN(C(=O)NCCCc3cn(-c4ccccc4)nc3C)CC2)o1. The molecule has 1 saturated heterocycles. The summed E-state index contributed by atoms with van der Waals surface area (Å²) in [6, 6.07) is 13.4. The first-order valence-electron chi connectivity index (χ1n) is 11.0. The molecule has 0 atom stereocenters. The van der Waals surface area contributed by atoms with Gasteiger partial charge in [-0.3, -0.25) is 4.79 Å². The van der Waals surface area contributed by atoms with Crippen LogP contribution in [-0.4, -0.2) is 64.2 Å². The van der Waals surface area contributed by atoms with Crippen LogP contribution in [0.2, 0.25) is 0 Å². The molecule has 168 valence electrons. The van der Waals surface area contributed by atoms with Crippen LogP contribution in [0.5, 0.6) is 0 Å². The van der Waals surface area contributed by atoms with Gasteiger partial charge in [-0.05, 0) is 56.5 Å². The van der Waals surface area contributed by atoms with E-state index >= 15 is 0 Å². The van der Waals surface area contributed by atoms with Gasteiger partial charge in [0.1, 0.15) is 5.76 Å². The molecular formula is C24H29N5O3. The number of hydrogen-bond donors (Lipinski definition) is 1. The molecule has 0 aliphatic carbocycles. The molecule has 0 unspecified atom stereocenters. The maximum Gasteiger partial charge on any atom is 0.317 e. The molecular weight excluding hydrogens is 406 g/mol. The van der Waals surface area contributed by atoms with E-state index in [0.29, 0.717) is 44.2 Å². The number of aryl methyl sites for hydroxylation is 3. The minimum atomic E-state index is -0.121. The Morgan fingerprint density at radius 1 is 1.00 bits per heavy atom. The summed E-state index contributed by atoms with van der Waals surface area (Å²) < 4.78 is 7.32. The van der Waals surface area contributed by atoms with E-state index in [1.165, 1.54) is 5.56 Å². The van der Waals surface area contributed by atoms with E-state index in [0.717, 1.165) is 24.2 Å². The van der Waals surface area contributed by atoms with Crippen molar-refractivity contribution in [1.29, 1.82) is 0 Å². The summed E-state index contributed by atoms with van der Waals surface area (Å²) >= 11 is 0. The van der Waals surface area contributed by atoms with Crippen LogP contribution in [0.4, 0.5) is 4.79 Å². The Labute approximate surface area is 187 Å². The van der Waals surface area contributed by atoms with E-state index in [1.807, 2.05) is 48.9 Å². The van der Waals surface area contributed by atoms with Crippen molar-refractivity contribution in [2.75, 3.05) is 32.7 Å². The third-order valence-electron chi connectivity index (χ3n) is 5.73. The summed E-state index contributed by atoms with van der Waals surface area (Å²) in [6.45, 7) is 6.46. The van der Waals surface area contributed by atoms with Crippen LogP contribution >= 0.6 is 0 Å². The van der Waals surface area contributed by atoms with Crippen LogP contribution in [0, 0.1) is 13.8 Å². The van der Waals surface area contributed by atoms with Gasteiger partial charge in [-0.15, -0.1) is 0 Å². The number of carbonyl (C=O) groups excluding carboxylic acids is 2. The van der Waals surface area contributed by atoms with Gasteiger partial charge in [-0.2, -0.15) is 5.10 Å². The molecule has 4 rings (SSSR count). The fourth-order valence-electron chi connectivity index (χ4n) is 3.86. The molecule has 32 heavy (non-hydrogen) atoms. The number of furan rings is 1. The van der Waals surface area contributed by atoms with Crippen LogP contribution in [-0.2, 0) is 6.42 Å². The van der Waals surface area contributed by atoms with Crippen molar-refractivity contribution in [2.24, 2.45) is 0 Å². The lowest BCUT2D eigenvalue weighted by molar-refractivity contribution is 0.0633. The molecule has 0 saturated carbocycles. The highest BCUT2D eigenvalue weighted by Gasteiger charge is 2.26. The number of hydrogen-bond acceptors (Lipinski definition) is 4. The molecule has 1 aliphatic rings. The Morgan fingerprint density at radius 2 is 1.72 bits per heavy atom. The van der Waals surface area contributed by atoms with Crippen molar-refractivity contribution in [2.45, 2.75) is 26.7 Å². The summed E-state index contributed by atoms with van der Waals surface area (Å²) in [4.78, 5) is 28.4. The topological polar surface area (TPSA) is 83.6 Å². The first-order valence-corrected chi connectivity index (χ1v) is 11.0. The number of carbonyl (C=O) groups is 2. The number of benzene rings is 1. The van der Waals surface area contributed by atoms with Gasteiger partial charge in [0.15, 0.2) is 5.76 Å². The summed E-state index contributed by atoms with van der Waals surface area (Å²) in [5.41, 5.74) is 3.23. The van der Waals surface area contributed by atoms with Crippen LogP contribution in [0.3, 0.4) is 0 Å². The first kappa shape index (κ1) is 21.7. The van der Waals surface area contributed by atoms with E-state index < -0.39 is 0 Å². The number of amides is 3. The van der Waals surface area contributed by atoms with Gasteiger partial charge in [0.25, 0.3) is 5.91 Å². The first-order chi connectivity index (χ1) is 15.5. The lowest BCUT2D eigenvalue weighted by atomic mass is 10.1. The zero-order chi connectivity index (χ0) is 22.5. The van der Waals surface area contributed by atoms with Crippen molar-refractivity contribution < 1.29 is 14.0 Å². The average molecular weight is 436 g/mol. The van der Waals surface area contributed by atoms with E-state index in [9.17, 15) is 9.59 Å². The van der Waals surface area contributed by atoms with Gasteiger partial charge >= 0.3 is 6.03 Å². The molecule has 3 amide bonds. The number of nitrogens with one attached hydrogen (secondary N) is 1. The summed E-state index contributed by atoms with van der Waals surface area (Å²) in [6.07, 6.45) is 3.75. The highest BCUT2D eigenvalue weighted by Crippen LogP contribution is 2.14. The zero-order valence-electron chi connectivity index (χ0n) is 18.6. The van der Waals surface area contributed by atoms with Gasteiger partial charge in [0, 0.05) is 38.9 Å². The van der Waals surface area contributed by atoms with Gasteiger partial charge < -0.3 is 19.5 Å². The standard InChI is InChI=1S/C24H29N5O3/c1-18-10-11-22(32-18)23(30)27-13-15-28(16-14-27)24(31)25-12-6-7-20-17-29(26-19(20)2)21-8-4-3-5-9-21/h3-5,8-11,17H,6-7,12-16H2,1-2H3,(H,25,31). The van der Waals surface area contributed by atoms with Gasteiger partial charge in [-0.1, -0.05) is 18.2 Å². The summed E-state index contributed by atoms with van der Waals surface area (Å²) in [5, 5.41) is 7.59. The number of piperazine rings is 1. The molecule has 0 bridgehead atoms. The molecule has 8 heteroatoms. The minimum Gasteiger partial charge on any atom is -0.456 e. The number of para-hydroxylation sites is 1. The fraction of sp³-hybridized carbons (Fsp3) is 0.375. The van der Waals surface area contributed by atoms with Crippen LogP contribution in [0.15, 0.2) is 53.1 Å². The Hall–Kier alpha value is -3.55. The molecule has 1 fully saturated rings. The summed E-state index contributed by atoms with van der Waals surface area (Å²) in [5.74, 6) is 0.949. The van der Waals surface area contributed by atoms with Gasteiger partial charge in [0.05, 0.1) is 11.4 Å². The van der Waals surface area contributed by atoms with E-state index in [1.54, 1.807) is 21.9 Å². The molecule has 2 aromatic heterocycles. The highest BCUT2D eigenvalue weighted by atomic mass is 16.3. The van der Waals surface area contributed by atoms with Crippen LogP contribution in [0.1, 0.15) is 34.0 Å². The molecule has 8 nitrogen and oxygen atoms in total. The zero-order valence-corrected chi connectivity index (χ0v) is 18.6. The largest absolute Gasteiger partial charge is 0.456 e. The van der Waals surface area contributed by atoms with Gasteiger partial charge in [-0.25, -0.2) is 9.48 Å². The van der Waals surface area contributed by atoms with Crippen LogP contribution in [0.25, 0.3) is 5.69 Å². The average Bonchev–Trinajstić information content (AvgIpc) is 3.42. The number of nitrogens with zero attached hydrogens (tertiary/aromatic N) is 4. The van der Waals surface area contributed by atoms with Crippen molar-refractivity contribution in [3.63, 3.8) is 0 Å². The molecule has 1 N–H and O–H groups in total. The van der Waals surface area contributed by atoms with Crippen molar-refractivity contribution >= 4 is 11.9 Å². The highest BCUT2D eigenvalue weighted by molar-refractivity contribution is 5.91. The number of aromatic nitrogens is 2. The molecule has 3 aromatic rings. The molecule has 3 heterocycles. The molecule has 1 aliphatic heterocycles. The maximum atomic E-state index is 12.5. The third-order valence-corrected chi connectivity index (χ3v) is 5.73. The van der Waals surface area contributed by atoms with Crippen LogP contribution < -0.4 is 5.32 Å². The van der Waals surface area contributed by atoms with Gasteiger partial charge in [0.2, 0.25) is 0 Å². The van der Waals surface area contributed by atoms with E-state index in [-0.39, 0.29) is 11.9 Å². The quantitative estimate of drug-likeness (QED) is 0.603. The molecule has 0 spiro atoms. The number of rotatable bonds is 6. The predicted molar refractivity (Wildman–Crippen MR) is 121 cm³/mol. The third kappa shape index (κ3) is 5.01. The van der Waals surface area contributed by atoms with Crippen molar-refractivity contribution in [3.8, 4) is 5.69 Å². The molecule has 0 radical (unpaired) electrons. The summed E-state index contributed by atoms with van der Waals surface area (Å²) in [7, 11) is 0. The second-order valence-corrected chi connectivity index (χ2v) is 8.04. The fourth-order valence-corrected chi connectivity index (χ4v) is 3.86. The molecule has 1 aromatic carbocycles. The minimum absolute atomic E-state index is 0.0809. The van der Waals surface area contributed by atoms with E-state index in [4.69, 9.17) is 4.42 Å². The Balaban J connectivity index is 1.19. The maximum absolute atomic E-state index is 12.5. The number of urea groups is 1. The second kappa shape index (κ2) is 9.72. The van der Waals surface area contributed by atoms with E-state index in [2.05, 4.69) is 16.6 Å². The predicted octanol–water partition coefficient (Wildman–Crippen LogP) is 3.18. The Bertz CT molecular complexity index is 1060.